The quantitative estimate of drug-likeness (QED) is 0.419. The smallest absolute Gasteiger partial charge is 0.548 e. The molecule has 0 aliphatic heterocycles. The summed E-state index contributed by atoms with van der Waals surface area (Å²) < 4.78 is 0. The van der Waals surface area contributed by atoms with E-state index in [4.69, 9.17) is 5.73 Å². The molecule has 0 aliphatic carbocycles. The SMILES string of the molecule is Nc1cccc(N(CC(=O)[O-])CC(=O)[O-])c1.[Na+].[Na+]. The Labute approximate surface area is 149 Å². The predicted molar refractivity (Wildman–Crippen MR) is 53.1 cm³/mol. The zero-order chi connectivity index (χ0) is 12.1. The van der Waals surface area contributed by atoms with Gasteiger partial charge in [0, 0.05) is 11.4 Å². The van der Waals surface area contributed by atoms with Crippen molar-refractivity contribution in [1.29, 1.82) is 0 Å². The van der Waals surface area contributed by atoms with Crippen molar-refractivity contribution in [1.82, 2.24) is 0 Å². The molecule has 0 bridgehead atoms. The fraction of sp³-hybridized carbons (Fsp3) is 0.200. The number of nitrogens with zero attached hydrogens (tertiary/aromatic N) is 1. The fourth-order valence-electron chi connectivity index (χ4n) is 1.27. The van der Waals surface area contributed by atoms with E-state index in [1.807, 2.05) is 0 Å². The van der Waals surface area contributed by atoms with Gasteiger partial charge in [0.1, 0.15) is 0 Å². The zero-order valence-electron chi connectivity index (χ0n) is 10.4. The second-order valence-electron chi connectivity index (χ2n) is 3.20. The van der Waals surface area contributed by atoms with Gasteiger partial charge in [-0.05, 0) is 18.2 Å². The van der Waals surface area contributed by atoms with Gasteiger partial charge in [0.2, 0.25) is 0 Å². The first-order chi connectivity index (χ1) is 7.49. The molecule has 2 N–H and O–H groups in total. The van der Waals surface area contributed by atoms with Crippen LogP contribution in [-0.2, 0) is 9.59 Å². The molecule has 0 atom stereocenters. The Kier molecular flexibility index (Phi) is 10.8. The van der Waals surface area contributed by atoms with Gasteiger partial charge < -0.3 is 30.4 Å². The number of carboxylic acid groups (broad SMARTS) is 2. The Hall–Kier alpha value is -0.240. The van der Waals surface area contributed by atoms with Crippen molar-refractivity contribution in [2.45, 2.75) is 0 Å². The zero-order valence-corrected chi connectivity index (χ0v) is 14.4. The standard InChI is InChI=1S/C10H12N2O4.2Na/c11-7-2-1-3-8(4-7)12(5-9(13)14)6-10(15)16;;/h1-4H,5-6,11H2,(H,13,14)(H,15,16);;/q;2*+1/p-2. The molecule has 1 rings (SSSR count). The maximum atomic E-state index is 10.5. The van der Waals surface area contributed by atoms with Crippen LogP contribution in [0.25, 0.3) is 0 Å². The Morgan fingerprint density at radius 3 is 2.00 bits per heavy atom. The van der Waals surface area contributed by atoms with Gasteiger partial charge >= 0.3 is 59.1 Å². The summed E-state index contributed by atoms with van der Waals surface area (Å²) in [4.78, 5) is 22.0. The summed E-state index contributed by atoms with van der Waals surface area (Å²) in [6.07, 6.45) is 0. The second-order valence-corrected chi connectivity index (χ2v) is 3.20. The van der Waals surface area contributed by atoms with Crippen LogP contribution in [0.2, 0.25) is 0 Å². The largest absolute Gasteiger partial charge is 1.00 e. The number of aliphatic carboxylic acids is 2. The van der Waals surface area contributed by atoms with Crippen LogP contribution in [0.5, 0.6) is 0 Å². The number of carbonyl (C=O) groups excluding carboxylic acids is 2. The number of carbonyl (C=O) groups is 2. The van der Waals surface area contributed by atoms with Gasteiger partial charge in [0.15, 0.2) is 0 Å². The third-order valence-corrected chi connectivity index (χ3v) is 1.88. The van der Waals surface area contributed by atoms with E-state index in [-0.39, 0.29) is 59.1 Å². The van der Waals surface area contributed by atoms with E-state index < -0.39 is 25.0 Å². The number of anilines is 2. The van der Waals surface area contributed by atoms with Gasteiger partial charge in [0.05, 0.1) is 25.0 Å². The molecule has 0 radical (unpaired) electrons. The minimum absolute atomic E-state index is 0. The van der Waals surface area contributed by atoms with Crippen LogP contribution in [0.15, 0.2) is 24.3 Å². The van der Waals surface area contributed by atoms with Crippen molar-refractivity contribution in [3.8, 4) is 0 Å². The Balaban J connectivity index is 0. The van der Waals surface area contributed by atoms with E-state index in [9.17, 15) is 19.8 Å². The molecule has 0 aliphatic rings. The van der Waals surface area contributed by atoms with Crippen LogP contribution < -0.4 is 80.0 Å². The van der Waals surface area contributed by atoms with Gasteiger partial charge in [-0.2, -0.15) is 0 Å². The van der Waals surface area contributed by atoms with Crippen LogP contribution in [-0.4, -0.2) is 25.0 Å². The molecule has 1 aromatic rings. The maximum absolute atomic E-state index is 10.5. The number of rotatable bonds is 5. The number of hydrogen-bond acceptors (Lipinski definition) is 6. The summed E-state index contributed by atoms with van der Waals surface area (Å²) in [5.74, 6) is -2.74. The van der Waals surface area contributed by atoms with Crippen LogP contribution in [0.4, 0.5) is 11.4 Å². The Morgan fingerprint density at radius 1 is 1.11 bits per heavy atom. The molecule has 8 heteroatoms. The van der Waals surface area contributed by atoms with Gasteiger partial charge in [-0.25, -0.2) is 0 Å². The molecule has 0 spiro atoms. The van der Waals surface area contributed by atoms with Crippen molar-refractivity contribution in [2.75, 3.05) is 23.7 Å². The van der Waals surface area contributed by atoms with E-state index in [1.165, 1.54) is 6.07 Å². The number of hydrogen-bond donors (Lipinski definition) is 1. The van der Waals surface area contributed by atoms with E-state index in [2.05, 4.69) is 0 Å². The van der Waals surface area contributed by atoms with E-state index in [0.717, 1.165) is 4.90 Å². The molecule has 6 nitrogen and oxygen atoms in total. The molecule has 18 heavy (non-hydrogen) atoms. The molecule has 0 unspecified atom stereocenters. The summed E-state index contributed by atoms with van der Waals surface area (Å²) in [5.41, 5.74) is 6.32. The first-order valence-electron chi connectivity index (χ1n) is 4.49. The van der Waals surface area contributed by atoms with Crippen LogP contribution in [0, 0.1) is 0 Å². The summed E-state index contributed by atoms with van der Waals surface area (Å²) in [6.45, 7) is -1.06. The summed E-state index contributed by atoms with van der Waals surface area (Å²) in [7, 11) is 0. The van der Waals surface area contributed by atoms with Crippen LogP contribution >= 0.6 is 0 Å². The van der Waals surface area contributed by atoms with Crippen molar-refractivity contribution in [3.05, 3.63) is 24.3 Å². The molecule has 1 aromatic carbocycles. The Morgan fingerprint density at radius 2 is 1.61 bits per heavy atom. The molecule has 0 aromatic heterocycles. The molecule has 0 fully saturated rings. The van der Waals surface area contributed by atoms with Crippen LogP contribution in [0.3, 0.4) is 0 Å². The average Bonchev–Trinajstić information content (AvgIpc) is 2.15. The summed E-state index contributed by atoms with van der Waals surface area (Å²) >= 11 is 0. The topological polar surface area (TPSA) is 110 Å². The number of nitrogen functional groups attached to an aromatic ring is 1. The monoisotopic (exact) mass is 268 g/mol. The molecule has 0 saturated heterocycles. The van der Waals surface area contributed by atoms with Crippen molar-refractivity contribution < 1.29 is 78.9 Å². The average molecular weight is 268 g/mol. The molecular weight excluding hydrogens is 258 g/mol. The van der Waals surface area contributed by atoms with Crippen molar-refractivity contribution in [2.24, 2.45) is 0 Å². The van der Waals surface area contributed by atoms with E-state index in [0.29, 0.717) is 11.4 Å². The molecular formula is C10H10N2Na2O4. The van der Waals surface area contributed by atoms with Gasteiger partial charge in [-0.3, -0.25) is 0 Å². The second kappa shape index (κ2) is 9.66. The third-order valence-electron chi connectivity index (χ3n) is 1.88. The number of nitrogens with two attached hydrogens (primary N) is 1. The van der Waals surface area contributed by atoms with Gasteiger partial charge in [0.25, 0.3) is 0 Å². The van der Waals surface area contributed by atoms with Crippen molar-refractivity contribution >= 4 is 23.3 Å². The fourth-order valence-corrected chi connectivity index (χ4v) is 1.27. The summed E-state index contributed by atoms with van der Waals surface area (Å²) in [6, 6.07) is 6.25. The normalized spacial score (nSPS) is 8.67. The van der Waals surface area contributed by atoms with Crippen molar-refractivity contribution in [3.63, 3.8) is 0 Å². The number of benzene rings is 1. The third kappa shape index (κ3) is 7.25. The molecule has 0 heterocycles. The van der Waals surface area contributed by atoms with Crippen LogP contribution in [0.1, 0.15) is 0 Å². The Bertz CT molecular complexity index is 399. The minimum Gasteiger partial charge on any atom is -0.548 e. The first kappa shape index (κ1) is 20.1. The molecule has 0 amide bonds. The van der Waals surface area contributed by atoms with E-state index in [1.54, 1.807) is 18.2 Å². The maximum Gasteiger partial charge on any atom is 1.00 e. The molecule has 0 saturated carbocycles. The first-order valence-corrected chi connectivity index (χ1v) is 4.49. The number of carboxylic acids is 2. The van der Waals surface area contributed by atoms with Gasteiger partial charge in [-0.15, -0.1) is 0 Å². The predicted octanol–water partition coefficient (Wildman–Crippen LogP) is -8.42. The molecule has 86 valence electrons. The minimum atomic E-state index is -1.37. The summed E-state index contributed by atoms with van der Waals surface area (Å²) in [5, 5.41) is 20.9. The van der Waals surface area contributed by atoms with Gasteiger partial charge in [-0.1, -0.05) is 6.07 Å². The van der Waals surface area contributed by atoms with E-state index >= 15 is 0 Å².